The topological polar surface area (TPSA) is 69.7 Å². The first kappa shape index (κ1) is 23.3. The molecule has 3 rings (SSSR count). The summed E-state index contributed by atoms with van der Waals surface area (Å²) >= 11 is 0. The molecule has 0 spiro atoms. The minimum atomic E-state index is -3.58. The SMILES string of the molecule is CS(=O)(=O)N1CCCN(Cc2ccc(F)cc2F)CCNC(=O)CC1c1ccccc1. The molecule has 2 aromatic rings. The number of carbonyl (C=O) groups is 1. The van der Waals surface area contributed by atoms with E-state index < -0.39 is 27.7 Å². The average molecular weight is 452 g/mol. The normalized spacial score (nSPS) is 20.1. The molecule has 0 saturated carbocycles. The molecule has 2 aromatic carbocycles. The van der Waals surface area contributed by atoms with E-state index in [9.17, 15) is 22.0 Å². The van der Waals surface area contributed by atoms with Gasteiger partial charge >= 0.3 is 0 Å². The van der Waals surface area contributed by atoms with E-state index in [1.165, 1.54) is 16.4 Å². The summed E-state index contributed by atoms with van der Waals surface area (Å²) in [5, 5.41) is 2.84. The molecule has 1 N–H and O–H groups in total. The van der Waals surface area contributed by atoms with Crippen molar-refractivity contribution in [3.8, 4) is 0 Å². The molecule has 1 heterocycles. The summed E-state index contributed by atoms with van der Waals surface area (Å²) in [5.74, 6) is -1.51. The van der Waals surface area contributed by atoms with Gasteiger partial charge in [-0.05, 0) is 24.6 Å². The fourth-order valence-electron chi connectivity index (χ4n) is 3.83. The molecule has 1 aliphatic heterocycles. The van der Waals surface area contributed by atoms with Crippen LogP contribution < -0.4 is 5.32 Å². The van der Waals surface area contributed by atoms with Gasteiger partial charge in [-0.15, -0.1) is 0 Å². The van der Waals surface area contributed by atoms with E-state index in [1.807, 2.05) is 35.2 Å². The lowest BCUT2D eigenvalue weighted by Gasteiger charge is -2.30. The maximum Gasteiger partial charge on any atom is 0.222 e. The molecule has 1 amide bonds. The van der Waals surface area contributed by atoms with E-state index in [1.54, 1.807) is 0 Å². The highest BCUT2D eigenvalue weighted by molar-refractivity contribution is 7.88. The standard InChI is InChI=1S/C22H27F2N3O3S/c1-31(29,30)27-12-5-11-26(16-18-8-9-19(23)14-20(18)24)13-10-25-22(28)15-21(27)17-6-3-2-4-7-17/h2-4,6-9,14,21H,5,10-13,15-16H2,1H3,(H,25,28). The van der Waals surface area contributed by atoms with Crippen LogP contribution in [0, 0.1) is 11.6 Å². The molecule has 0 radical (unpaired) electrons. The van der Waals surface area contributed by atoms with Crippen molar-refractivity contribution in [3.05, 3.63) is 71.3 Å². The summed E-state index contributed by atoms with van der Waals surface area (Å²) < 4.78 is 53.8. The number of rotatable bonds is 4. The van der Waals surface area contributed by atoms with Crippen molar-refractivity contribution < 1.29 is 22.0 Å². The maximum atomic E-state index is 14.1. The third-order valence-electron chi connectivity index (χ3n) is 5.35. The van der Waals surface area contributed by atoms with Gasteiger partial charge in [-0.1, -0.05) is 36.4 Å². The van der Waals surface area contributed by atoms with Gasteiger partial charge in [-0.3, -0.25) is 9.69 Å². The lowest BCUT2D eigenvalue weighted by atomic mass is 10.0. The number of nitrogens with zero attached hydrogens (tertiary/aromatic N) is 2. The van der Waals surface area contributed by atoms with Crippen molar-refractivity contribution >= 4 is 15.9 Å². The van der Waals surface area contributed by atoms with Gasteiger partial charge in [0.2, 0.25) is 15.9 Å². The van der Waals surface area contributed by atoms with E-state index in [2.05, 4.69) is 5.32 Å². The van der Waals surface area contributed by atoms with Crippen LogP contribution in [0.15, 0.2) is 48.5 Å². The third kappa shape index (κ3) is 6.56. The van der Waals surface area contributed by atoms with Gasteiger partial charge in [0.05, 0.1) is 12.3 Å². The van der Waals surface area contributed by atoms with Crippen LogP contribution in [-0.2, 0) is 21.4 Å². The second kappa shape index (κ2) is 10.3. The smallest absolute Gasteiger partial charge is 0.222 e. The third-order valence-corrected chi connectivity index (χ3v) is 6.64. The summed E-state index contributed by atoms with van der Waals surface area (Å²) in [4.78, 5) is 14.5. The molecule has 1 fully saturated rings. The number of hydrogen-bond acceptors (Lipinski definition) is 4. The number of carbonyl (C=O) groups excluding carboxylic acids is 1. The number of nitrogens with one attached hydrogen (secondary N) is 1. The van der Waals surface area contributed by atoms with Crippen LogP contribution in [0.4, 0.5) is 8.78 Å². The first-order chi connectivity index (χ1) is 14.7. The summed E-state index contributed by atoms with van der Waals surface area (Å²) in [7, 11) is -3.58. The molecule has 6 nitrogen and oxygen atoms in total. The van der Waals surface area contributed by atoms with E-state index in [-0.39, 0.29) is 25.4 Å². The first-order valence-electron chi connectivity index (χ1n) is 10.2. The Morgan fingerprint density at radius 1 is 1.06 bits per heavy atom. The van der Waals surface area contributed by atoms with Gasteiger partial charge in [-0.2, -0.15) is 4.31 Å². The van der Waals surface area contributed by atoms with Crippen LogP contribution in [0.3, 0.4) is 0 Å². The number of hydrogen-bond donors (Lipinski definition) is 1. The average Bonchev–Trinajstić information content (AvgIpc) is 2.74. The summed E-state index contributed by atoms with van der Waals surface area (Å²) in [6.45, 7) is 1.79. The highest BCUT2D eigenvalue weighted by Gasteiger charge is 2.30. The Morgan fingerprint density at radius 3 is 2.48 bits per heavy atom. The molecule has 1 unspecified atom stereocenters. The molecular formula is C22H27F2N3O3S. The van der Waals surface area contributed by atoms with Crippen LogP contribution >= 0.6 is 0 Å². The zero-order valence-corrected chi connectivity index (χ0v) is 18.2. The quantitative estimate of drug-likeness (QED) is 0.776. The molecule has 168 valence electrons. The molecule has 0 aromatic heterocycles. The Kier molecular flexibility index (Phi) is 7.74. The Bertz CT molecular complexity index is 1000. The second-order valence-electron chi connectivity index (χ2n) is 7.72. The largest absolute Gasteiger partial charge is 0.355 e. The lowest BCUT2D eigenvalue weighted by Crippen LogP contribution is -2.38. The maximum absolute atomic E-state index is 14.1. The van der Waals surface area contributed by atoms with Gasteiger partial charge in [0.25, 0.3) is 0 Å². The Morgan fingerprint density at radius 2 is 1.81 bits per heavy atom. The molecule has 0 aliphatic carbocycles. The Hall–Kier alpha value is -2.36. The fraction of sp³-hybridized carbons (Fsp3) is 0.409. The zero-order chi connectivity index (χ0) is 22.4. The lowest BCUT2D eigenvalue weighted by molar-refractivity contribution is -0.122. The van der Waals surface area contributed by atoms with Gasteiger partial charge < -0.3 is 5.32 Å². The van der Waals surface area contributed by atoms with Crippen LogP contribution in [0.5, 0.6) is 0 Å². The van der Waals surface area contributed by atoms with E-state index in [0.717, 1.165) is 17.9 Å². The Balaban J connectivity index is 1.81. The molecular weight excluding hydrogens is 424 g/mol. The van der Waals surface area contributed by atoms with Crippen molar-refractivity contribution in [2.24, 2.45) is 0 Å². The summed E-state index contributed by atoms with van der Waals surface area (Å²) in [6.07, 6.45) is 1.67. The van der Waals surface area contributed by atoms with E-state index in [4.69, 9.17) is 0 Å². The summed E-state index contributed by atoms with van der Waals surface area (Å²) in [5.41, 5.74) is 1.11. The monoisotopic (exact) mass is 451 g/mol. The minimum Gasteiger partial charge on any atom is -0.355 e. The number of benzene rings is 2. The predicted molar refractivity (Wildman–Crippen MR) is 115 cm³/mol. The molecule has 1 atom stereocenters. The van der Waals surface area contributed by atoms with E-state index in [0.29, 0.717) is 31.6 Å². The molecule has 1 aliphatic rings. The van der Waals surface area contributed by atoms with Crippen molar-refractivity contribution in [2.75, 3.05) is 32.4 Å². The number of amides is 1. The molecule has 31 heavy (non-hydrogen) atoms. The summed E-state index contributed by atoms with van der Waals surface area (Å²) in [6, 6.07) is 12.0. The van der Waals surface area contributed by atoms with Gasteiger partial charge in [0.1, 0.15) is 11.6 Å². The van der Waals surface area contributed by atoms with Crippen LogP contribution in [0.2, 0.25) is 0 Å². The highest BCUT2D eigenvalue weighted by Crippen LogP contribution is 2.27. The van der Waals surface area contributed by atoms with Gasteiger partial charge in [0.15, 0.2) is 0 Å². The van der Waals surface area contributed by atoms with Gasteiger partial charge in [0, 0.05) is 44.2 Å². The van der Waals surface area contributed by atoms with E-state index >= 15 is 0 Å². The van der Waals surface area contributed by atoms with Crippen molar-refractivity contribution in [1.29, 1.82) is 0 Å². The molecule has 0 bridgehead atoms. The minimum absolute atomic E-state index is 0.0175. The second-order valence-corrected chi connectivity index (χ2v) is 9.65. The van der Waals surface area contributed by atoms with Crippen molar-refractivity contribution in [2.45, 2.75) is 25.4 Å². The Labute approximate surface area is 181 Å². The fourth-order valence-corrected chi connectivity index (χ4v) is 4.95. The van der Waals surface area contributed by atoms with Crippen LogP contribution in [0.25, 0.3) is 0 Å². The first-order valence-corrected chi connectivity index (χ1v) is 12.0. The van der Waals surface area contributed by atoms with Crippen molar-refractivity contribution in [3.63, 3.8) is 0 Å². The van der Waals surface area contributed by atoms with Crippen molar-refractivity contribution in [1.82, 2.24) is 14.5 Å². The predicted octanol–water partition coefficient (Wildman–Crippen LogP) is 2.68. The van der Waals surface area contributed by atoms with Crippen LogP contribution in [-0.4, -0.2) is 56.0 Å². The van der Waals surface area contributed by atoms with Gasteiger partial charge in [-0.25, -0.2) is 17.2 Å². The number of sulfonamides is 1. The molecule has 1 saturated heterocycles. The number of halogens is 2. The highest BCUT2D eigenvalue weighted by atomic mass is 32.2. The van der Waals surface area contributed by atoms with Crippen LogP contribution in [0.1, 0.15) is 30.0 Å². The molecule has 9 heteroatoms. The zero-order valence-electron chi connectivity index (χ0n) is 17.4.